The van der Waals surface area contributed by atoms with Gasteiger partial charge < -0.3 is 0 Å². The zero-order valence-electron chi connectivity index (χ0n) is 25.6. The van der Waals surface area contributed by atoms with Crippen molar-refractivity contribution in [2.24, 2.45) is 0 Å². The van der Waals surface area contributed by atoms with Crippen LogP contribution in [0, 0.1) is 0 Å². The van der Waals surface area contributed by atoms with Crippen molar-refractivity contribution >= 4 is 32.7 Å². The molecule has 0 saturated heterocycles. The van der Waals surface area contributed by atoms with Crippen molar-refractivity contribution in [1.82, 2.24) is 14.5 Å². The Morgan fingerprint density at radius 3 is 1.79 bits per heavy atom. The highest BCUT2D eigenvalue weighted by molar-refractivity contribution is 6.11. The second kappa shape index (κ2) is 11.2. The Balaban J connectivity index is 1.07. The molecule has 2 aromatic heterocycles. The van der Waals surface area contributed by atoms with Gasteiger partial charge in [0.05, 0.1) is 22.2 Å². The minimum atomic E-state index is 0.935. The summed E-state index contributed by atoms with van der Waals surface area (Å²) >= 11 is 0. The van der Waals surface area contributed by atoms with E-state index in [1.165, 1.54) is 21.9 Å². The second-order valence-electron chi connectivity index (χ2n) is 11.9. The molecule has 0 N–H and O–H groups in total. The Kier molecular flexibility index (Phi) is 6.46. The lowest BCUT2D eigenvalue weighted by molar-refractivity contribution is 1.10. The molecule has 0 spiro atoms. The summed E-state index contributed by atoms with van der Waals surface area (Å²) in [7, 11) is 0. The second-order valence-corrected chi connectivity index (χ2v) is 11.9. The van der Waals surface area contributed by atoms with Crippen LogP contribution in [0.25, 0.3) is 83.3 Å². The first-order chi connectivity index (χ1) is 23.3. The summed E-state index contributed by atoms with van der Waals surface area (Å²) < 4.78 is 2.24. The van der Waals surface area contributed by atoms with E-state index in [2.05, 4.69) is 168 Å². The molecule has 0 fully saturated rings. The van der Waals surface area contributed by atoms with Gasteiger partial charge in [0, 0.05) is 27.8 Å². The van der Waals surface area contributed by atoms with Crippen molar-refractivity contribution in [2.75, 3.05) is 0 Å². The van der Waals surface area contributed by atoms with Gasteiger partial charge in [0.15, 0.2) is 0 Å². The van der Waals surface area contributed by atoms with Gasteiger partial charge in [-0.2, -0.15) is 0 Å². The Labute approximate surface area is 273 Å². The van der Waals surface area contributed by atoms with Gasteiger partial charge in [-0.25, -0.2) is 9.97 Å². The third kappa shape index (κ3) is 4.77. The number of nitrogens with zero attached hydrogens (tertiary/aromatic N) is 3. The standard InChI is InChI=1S/C44H29N3/c1-3-11-33(12-4-1)42-38-16-8-7-13-35(38)29-36-27-28-39(45-43(36)42)32-23-19-30(20-24-32)31-21-25-34(26-22-31)44-46-40-17-9-10-18-41(40)47(44)37-14-5-2-6-15-37/h1-29H. The molecular weight excluding hydrogens is 571 g/mol. The predicted molar refractivity (Wildman–Crippen MR) is 196 cm³/mol. The van der Waals surface area contributed by atoms with E-state index in [0.717, 1.165) is 61.4 Å². The molecule has 3 heteroatoms. The predicted octanol–water partition coefficient (Wildman–Crippen LogP) is 11.4. The van der Waals surface area contributed by atoms with Crippen LogP contribution in [0.3, 0.4) is 0 Å². The van der Waals surface area contributed by atoms with Gasteiger partial charge in [-0.15, -0.1) is 0 Å². The third-order valence-electron chi connectivity index (χ3n) is 9.00. The number of aromatic nitrogens is 3. The van der Waals surface area contributed by atoms with E-state index in [4.69, 9.17) is 9.97 Å². The molecule has 2 heterocycles. The zero-order chi connectivity index (χ0) is 31.2. The summed E-state index contributed by atoms with van der Waals surface area (Å²) in [5.74, 6) is 0.935. The van der Waals surface area contributed by atoms with Crippen LogP contribution in [-0.2, 0) is 0 Å². The number of fused-ring (bicyclic) bond motifs is 3. The van der Waals surface area contributed by atoms with Crippen LogP contribution in [0.15, 0.2) is 176 Å². The van der Waals surface area contributed by atoms with E-state index >= 15 is 0 Å². The highest BCUT2D eigenvalue weighted by Crippen LogP contribution is 2.37. The highest BCUT2D eigenvalue weighted by Gasteiger charge is 2.15. The molecule has 0 atom stereocenters. The fourth-order valence-corrected chi connectivity index (χ4v) is 6.69. The Morgan fingerprint density at radius 2 is 1.02 bits per heavy atom. The Morgan fingerprint density at radius 1 is 0.404 bits per heavy atom. The number of imidazole rings is 1. The number of para-hydroxylation sites is 3. The molecule has 3 nitrogen and oxygen atoms in total. The molecule has 47 heavy (non-hydrogen) atoms. The smallest absolute Gasteiger partial charge is 0.145 e. The molecular formula is C44H29N3. The van der Waals surface area contributed by atoms with Crippen LogP contribution in [0.2, 0.25) is 0 Å². The van der Waals surface area contributed by atoms with Gasteiger partial charge in [-0.05, 0) is 63.9 Å². The van der Waals surface area contributed by atoms with Crippen LogP contribution >= 0.6 is 0 Å². The largest absolute Gasteiger partial charge is 0.292 e. The van der Waals surface area contributed by atoms with E-state index in [9.17, 15) is 0 Å². The van der Waals surface area contributed by atoms with Crippen LogP contribution < -0.4 is 0 Å². The molecule has 0 amide bonds. The molecule has 0 bridgehead atoms. The summed E-state index contributed by atoms with van der Waals surface area (Å²) in [6.07, 6.45) is 0. The quantitative estimate of drug-likeness (QED) is 0.184. The molecule has 9 aromatic rings. The summed E-state index contributed by atoms with van der Waals surface area (Å²) in [5, 5.41) is 3.58. The number of pyridine rings is 1. The molecule has 9 rings (SSSR count). The van der Waals surface area contributed by atoms with Crippen LogP contribution in [0.5, 0.6) is 0 Å². The van der Waals surface area contributed by atoms with Crippen LogP contribution in [0.1, 0.15) is 0 Å². The highest BCUT2D eigenvalue weighted by atomic mass is 15.1. The normalized spacial score (nSPS) is 11.4. The molecule has 7 aromatic carbocycles. The Bertz CT molecular complexity index is 2530. The molecule has 220 valence electrons. The summed E-state index contributed by atoms with van der Waals surface area (Å²) in [6.45, 7) is 0. The molecule has 0 radical (unpaired) electrons. The first-order valence-corrected chi connectivity index (χ1v) is 15.9. The molecule has 0 aliphatic heterocycles. The number of hydrogen-bond donors (Lipinski definition) is 0. The van der Waals surface area contributed by atoms with Crippen molar-refractivity contribution in [3.8, 4) is 50.6 Å². The SMILES string of the molecule is c1ccc(-c2c3ccccc3cc3ccc(-c4ccc(-c5ccc(-c6nc7ccccc7n6-c6ccccc6)cc5)cc4)nc23)cc1. The lowest BCUT2D eigenvalue weighted by Crippen LogP contribution is -1.97. The summed E-state index contributed by atoms with van der Waals surface area (Å²) in [5.41, 5.74) is 12.0. The van der Waals surface area contributed by atoms with E-state index in [1.54, 1.807) is 0 Å². The first kappa shape index (κ1) is 27.0. The topological polar surface area (TPSA) is 30.7 Å². The van der Waals surface area contributed by atoms with E-state index in [0.29, 0.717) is 0 Å². The maximum absolute atomic E-state index is 5.26. The number of hydrogen-bond acceptors (Lipinski definition) is 2. The summed E-state index contributed by atoms with van der Waals surface area (Å²) in [6, 6.07) is 61.9. The lowest BCUT2D eigenvalue weighted by Gasteiger charge is -2.13. The van der Waals surface area contributed by atoms with Crippen molar-refractivity contribution in [1.29, 1.82) is 0 Å². The fraction of sp³-hybridized carbons (Fsp3) is 0. The minimum Gasteiger partial charge on any atom is -0.292 e. The van der Waals surface area contributed by atoms with E-state index < -0.39 is 0 Å². The van der Waals surface area contributed by atoms with Gasteiger partial charge >= 0.3 is 0 Å². The van der Waals surface area contributed by atoms with Gasteiger partial charge in [-0.3, -0.25) is 4.57 Å². The average Bonchev–Trinajstić information content (AvgIpc) is 3.54. The number of rotatable bonds is 5. The van der Waals surface area contributed by atoms with Crippen molar-refractivity contribution in [2.45, 2.75) is 0 Å². The average molecular weight is 600 g/mol. The van der Waals surface area contributed by atoms with Crippen LogP contribution in [0.4, 0.5) is 0 Å². The first-order valence-electron chi connectivity index (χ1n) is 15.9. The Hall–Kier alpha value is -6.32. The lowest BCUT2D eigenvalue weighted by atomic mass is 9.94. The van der Waals surface area contributed by atoms with Gasteiger partial charge in [0.1, 0.15) is 5.82 Å². The van der Waals surface area contributed by atoms with Crippen molar-refractivity contribution in [3.63, 3.8) is 0 Å². The van der Waals surface area contributed by atoms with E-state index in [-0.39, 0.29) is 0 Å². The van der Waals surface area contributed by atoms with Crippen LogP contribution in [-0.4, -0.2) is 14.5 Å². The minimum absolute atomic E-state index is 0.935. The molecule has 0 saturated carbocycles. The van der Waals surface area contributed by atoms with Gasteiger partial charge in [-0.1, -0.05) is 140 Å². The monoisotopic (exact) mass is 599 g/mol. The van der Waals surface area contributed by atoms with Crippen molar-refractivity contribution < 1.29 is 0 Å². The fourth-order valence-electron chi connectivity index (χ4n) is 6.69. The van der Waals surface area contributed by atoms with Gasteiger partial charge in [0.25, 0.3) is 0 Å². The number of benzene rings is 7. The summed E-state index contributed by atoms with van der Waals surface area (Å²) in [4.78, 5) is 10.3. The zero-order valence-corrected chi connectivity index (χ0v) is 25.6. The molecule has 0 unspecified atom stereocenters. The third-order valence-corrected chi connectivity index (χ3v) is 9.00. The molecule has 0 aliphatic carbocycles. The maximum Gasteiger partial charge on any atom is 0.145 e. The van der Waals surface area contributed by atoms with E-state index in [1.807, 2.05) is 12.1 Å². The van der Waals surface area contributed by atoms with Crippen molar-refractivity contribution in [3.05, 3.63) is 176 Å². The maximum atomic E-state index is 5.26. The molecule has 0 aliphatic rings. The van der Waals surface area contributed by atoms with Gasteiger partial charge in [0.2, 0.25) is 0 Å².